The summed E-state index contributed by atoms with van der Waals surface area (Å²) >= 11 is 1.91. The lowest BCUT2D eigenvalue weighted by Gasteiger charge is -2.10. The molecule has 80 valence electrons. The van der Waals surface area contributed by atoms with E-state index in [9.17, 15) is 9.59 Å². The highest BCUT2D eigenvalue weighted by Crippen LogP contribution is 2.24. The third kappa shape index (κ3) is 2.11. The van der Waals surface area contributed by atoms with Gasteiger partial charge in [0.15, 0.2) is 0 Å². The second-order valence-electron chi connectivity index (χ2n) is 3.17. The van der Waals surface area contributed by atoms with Crippen molar-refractivity contribution in [1.82, 2.24) is 0 Å². The van der Waals surface area contributed by atoms with Crippen molar-refractivity contribution in [3.8, 4) is 0 Å². The van der Waals surface area contributed by atoms with E-state index in [0.29, 0.717) is 14.7 Å². The maximum atomic E-state index is 11.0. The SMILES string of the molecule is Cc1cc(C(=O)O)c(C)c(C(=O)O)c1I. The highest BCUT2D eigenvalue weighted by atomic mass is 127. The number of benzene rings is 1. The normalized spacial score (nSPS) is 10.1. The Kier molecular flexibility index (Phi) is 3.33. The van der Waals surface area contributed by atoms with E-state index in [1.807, 2.05) is 22.6 Å². The van der Waals surface area contributed by atoms with Crippen molar-refractivity contribution in [1.29, 1.82) is 0 Å². The average molecular weight is 320 g/mol. The largest absolute Gasteiger partial charge is 0.478 e. The third-order valence-electron chi connectivity index (χ3n) is 2.15. The summed E-state index contributed by atoms with van der Waals surface area (Å²) in [5.74, 6) is -2.20. The standard InChI is InChI=1S/C10H9IO4/c1-4-3-6(9(12)13)5(2)7(8(4)11)10(14)15/h3H,1-2H3,(H,12,13)(H,14,15). The summed E-state index contributed by atoms with van der Waals surface area (Å²) in [6.45, 7) is 3.20. The van der Waals surface area contributed by atoms with Gasteiger partial charge >= 0.3 is 11.9 Å². The van der Waals surface area contributed by atoms with Crippen LogP contribution in [0.1, 0.15) is 31.8 Å². The zero-order valence-corrected chi connectivity index (χ0v) is 10.3. The summed E-state index contributed by atoms with van der Waals surface area (Å²) in [6.07, 6.45) is 0. The molecule has 0 saturated carbocycles. The maximum absolute atomic E-state index is 11.0. The van der Waals surface area contributed by atoms with Crippen molar-refractivity contribution in [2.75, 3.05) is 0 Å². The Bertz CT molecular complexity index is 451. The van der Waals surface area contributed by atoms with E-state index in [1.54, 1.807) is 6.92 Å². The number of rotatable bonds is 2. The van der Waals surface area contributed by atoms with Crippen LogP contribution >= 0.6 is 22.6 Å². The molecule has 0 saturated heterocycles. The van der Waals surface area contributed by atoms with Crippen molar-refractivity contribution in [3.05, 3.63) is 31.9 Å². The zero-order valence-electron chi connectivity index (χ0n) is 8.17. The predicted molar refractivity (Wildman–Crippen MR) is 62.6 cm³/mol. The quantitative estimate of drug-likeness (QED) is 0.820. The number of carboxylic acids is 2. The molecule has 0 atom stereocenters. The number of hydrogen-bond acceptors (Lipinski definition) is 2. The van der Waals surface area contributed by atoms with Gasteiger partial charge in [-0.1, -0.05) is 0 Å². The molecule has 1 rings (SSSR count). The number of halogens is 1. The molecule has 15 heavy (non-hydrogen) atoms. The fourth-order valence-corrected chi connectivity index (χ4v) is 2.15. The minimum Gasteiger partial charge on any atom is -0.478 e. The van der Waals surface area contributed by atoms with Crippen LogP contribution in [-0.4, -0.2) is 22.2 Å². The molecule has 0 aromatic heterocycles. The molecular formula is C10H9IO4. The summed E-state index contributed by atoms with van der Waals surface area (Å²) in [7, 11) is 0. The number of aromatic carboxylic acids is 2. The van der Waals surface area contributed by atoms with Crippen LogP contribution in [0.2, 0.25) is 0 Å². The molecule has 0 aliphatic heterocycles. The Hall–Kier alpha value is -1.11. The number of hydrogen-bond donors (Lipinski definition) is 2. The minimum absolute atomic E-state index is 0.0466. The predicted octanol–water partition coefficient (Wildman–Crippen LogP) is 2.30. The molecule has 5 heteroatoms. The van der Waals surface area contributed by atoms with Crippen molar-refractivity contribution in [3.63, 3.8) is 0 Å². The smallest absolute Gasteiger partial charge is 0.337 e. The van der Waals surface area contributed by atoms with Crippen LogP contribution < -0.4 is 0 Å². The van der Waals surface area contributed by atoms with Crippen LogP contribution in [0.5, 0.6) is 0 Å². The van der Waals surface area contributed by atoms with Crippen LogP contribution in [-0.2, 0) is 0 Å². The van der Waals surface area contributed by atoms with Crippen molar-refractivity contribution >= 4 is 34.5 Å². The van der Waals surface area contributed by atoms with Gasteiger partial charge in [0.2, 0.25) is 0 Å². The topological polar surface area (TPSA) is 74.6 Å². The van der Waals surface area contributed by atoms with Gasteiger partial charge in [0.05, 0.1) is 11.1 Å². The lowest BCUT2D eigenvalue weighted by molar-refractivity contribution is 0.0695. The molecule has 0 heterocycles. The number of carbonyl (C=O) groups is 2. The molecule has 0 unspecified atom stereocenters. The van der Waals surface area contributed by atoms with E-state index < -0.39 is 11.9 Å². The van der Waals surface area contributed by atoms with Gasteiger partial charge in [-0.25, -0.2) is 9.59 Å². The lowest BCUT2D eigenvalue weighted by Crippen LogP contribution is -2.10. The van der Waals surface area contributed by atoms with E-state index in [1.165, 1.54) is 13.0 Å². The molecule has 0 aliphatic carbocycles. The first-order valence-corrected chi connectivity index (χ1v) is 5.20. The van der Waals surface area contributed by atoms with Gasteiger partial charge in [0.25, 0.3) is 0 Å². The number of aryl methyl sites for hydroxylation is 1. The van der Waals surface area contributed by atoms with Gasteiger partial charge in [-0.2, -0.15) is 0 Å². The summed E-state index contributed by atoms with van der Waals surface area (Å²) in [6, 6.07) is 1.49. The molecule has 2 N–H and O–H groups in total. The second kappa shape index (κ2) is 4.18. The second-order valence-corrected chi connectivity index (χ2v) is 4.24. The number of carboxylic acid groups (broad SMARTS) is 2. The Balaban J connectivity index is 3.63. The Labute approximate surface area is 100 Å². The van der Waals surface area contributed by atoms with Gasteiger partial charge in [0, 0.05) is 3.57 Å². The fraction of sp³-hybridized carbons (Fsp3) is 0.200. The summed E-state index contributed by atoms with van der Waals surface area (Å²) in [5, 5.41) is 17.9. The molecule has 0 spiro atoms. The third-order valence-corrected chi connectivity index (χ3v) is 3.54. The monoisotopic (exact) mass is 320 g/mol. The first kappa shape index (κ1) is 12.0. The van der Waals surface area contributed by atoms with Gasteiger partial charge in [0.1, 0.15) is 0 Å². The average Bonchev–Trinajstić information content (AvgIpc) is 2.10. The van der Waals surface area contributed by atoms with Crippen LogP contribution in [0, 0.1) is 17.4 Å². The van der Waals surface area contributed by atoms with E-state index in [4.69, 9.17) is 10.2 Å². The van der Waals surface area contributed by atoms with Crippen molar-refractivity contribution in [2.24, 2.45) is 0 Å². The molecular weight excluding hydrogens is 311 g/mol. The van der Waals surface area contributed by atoms with Crippen LogP contribution in [0.15, 0.2) is 6.07 Å². The molecule has 1 aromatic rings. The Morgan fingerprint density at radius 1 is 1.20 bits per heavy atom. The van der Waals surface area contributed by atoms with E-state index in [-0.39, 0.29) is 11.1 Å². The molecule has 0 fully saturated rings. The van der Waals surface area contributed by atoms with E-state index in [2.05, 4.69) is 0 Å². The van der Waals surface area contributed by atoms with E-state index in [0.717, 1.165) is 0 Å². The van der Waals surface area contributed by atoms with Crippen molar-refractivity contribution in [2.45, 2.75) is 13.8 Å². The minimum atomic E-state index is -1.10. The molecule has 0 amide bonds. The zero-order chi connectivity index (χ0) is 11.7. The van der Waals surface area contributed by atoms with Crippen LogP contribution in [0.25, 0.3) is 0 Å². The lowest BCUT2D eigenvalue weighted by atomic mass is 9.99. The Morgan fingerprint density at radius 2 is 1.73 bits per heavy atom. The van der Waals surface area contributed by atoms with Crippen LogP contribution in [0.4, 0.5) is 0 Å². The molecule has 1 aromatic carbocycles. The van der Waals surface area contributed by atoms with Crippen molar-refractivity contribution < 1.29 is 19.8 Å². The highest BCUT2D eigenvalue weighted by molar-refractivity contribution is 14.1. The van der Waals surface area contributed by atoms with Gasteiger partial charge in [-0.05, 0) is 53.6 Å². The van der Waals surface area contributed by atoms with Gasteiger partial charge in [-0.15, -0.1) is 0 Å². The molecule has 0 aliphatic rings. The molecule has 0 radical (unpaired) electrons. The molecule has 4 nitrogen and oxygen atoms in total. The first-order valence-electron chi connectivity index (χ1n) is 4.12. The summed E-state index contributed by atoms with van der Waals surface area (Å²) in [5.41, 5.74) is 1.08. The highest BCUT2D eigenvalue weighted by Gasteiger charge is 2.20. The van der Waals surface area contributed by atoms with E-state index >= 15 is 0 Å². The van der Waals surface area contributed by atoms with Crippen LogP contribution in [0.3, 0.4) is 0 Å². The van der Waals surface area contributed by atoms with Gasteiger partial charge < -0.3 is 10.2 Å². The summed E-state index contributed by atoms with van der Waals surface area (Å²) < 4.78 is 0.586. The Morgan fingerprint density at radius 3 is 2.13 bits per heavy atom. The summed E-state index contributed by atoms with van der Waals surface area (Å²) in [4.78, 5) is 21.8. The first-order chi connectivity index (χ1) is 6.86. The van der Waals surface area contributed by atoms with Gasteiger partial charge in [-0.3, -0.25) is 0 Å². The molecule has 0 bridgehead atoms. The maximum Gasteiger partial charge on any atom is 0.337 e. The fourth-order valence-electron chi connectivity index (χ4n) is 1.36.